The molecule has 1 saturated heterocycles. The lowest BCUT2D eigenvalue weighted by Crippen LogP contribution is -2.46. The van der Waals surface area contributed by atoms with Gasteiger partial charge in [0.15, 0.2) is 5.82 Å². The van der Waals surface area contributed by atoms with Crippen LogP contribution in [0.2, 0.25) is 0 Å². The molecule has 0 spiro atoms. The third-order valence-corrected chi connectivity index (χ3v) is 7.68. The first-order valence-corrected chi connectivity index (χ1v) is 13.0. The predicted octanol–water partition coefficient (Wildman–Crippen LogP) is 4.60. The van der Waals surface area contributed by atoms with E-state index in [2.05, 4.69) is 24.8 Å². The number of H-pyrrole nitrogens is 1. The zero-order chi connectivity index (χ0) is 25.5. The van der Waals surface area contributed by atoms with Crippen molar-refractivity contribution in [3.8, 4) is 22.5 Å². The number of nitrogens with one attached hydrogen (secondary N) is 1. The van der Waals surface area contributed by atoms with Crippen LogP contribution in [0.1, 0.15) is 24.8 Å². The van der Waals surface area contributed by atoms with Crippen molar-refractivity contribution in [2.75, 3.05) is 43.4 Å². The number of hydrogen-bond acceptors (Lipinski definition) is 6. The van der Waals surface area contributed by atoms with Gasteiger partial charge in [-0.05, 0) is 67.1 Å². The highest BCUT2D eigenvalue weighted by atomic mass is 19.1. The third kappa shape index (κ3) is 4.81. The summed E-state index contributed by atoms with van der Waals surface area (Å²) in [5.74, 6) is 0.287. The number of nitrogen functional groups attached to an aromatic ring is 1. The fourth-order valence-corrected chi connectivity index (χ4v) is 5.24. The number of fused-ring (bicyclic) bond motifs is 1. The summed E-state index contributed by atoms with van der Waals surface area (Å²) in [4.78, 5) is 28.4. The molecule has 4 aromatic rings. The first kappa shape index (κ1) is 23.6. The summed E-state index contributed by atoms with van der Waals surface area (Å²) in [6.07, 6.45) is 5.76. The Bertz CT molecular complexity index is 1500. The van der Waals surface area contributed by atoms with Crippen molar-refractivity contribution in [3.63, 3.8) is 0 Å². The van der Waals surface area contributed by atoms with Gasteiger partial charge in [-0.25, -0.2) is 4.98 Å². The molecule has 0 atom stereocenters. The molecule has 7 nitrogen and oxygen atoms in total. The first-order valence-electron chi connectivity index (χ1n) is 13.0. The number of aryl methyl sites for hydroxylation is 1. The SMILES string of the molecule is Cc1cc2c(=O)[nH]ccc2cc1-c1nc(-c2ccc(N3CCN(CCC4CC4)CC3)cc2)c(F)nc1N. The highest BCUT2D eigenvalue weighted by Crippen LogP contribution is 2.34. The lowest BCUT2D eigenvalue weighted by Gasteiger charge is -2.36. The molecule has 2 aromatic carbocycles. The molecule has 8 heteroatoms. The van der Waals surface area contributed by atoms with Crippen molar-refractivity contribution < 1.29 is 4.39 Å². The Morgan fingerprint density at radius 1 is 1.03 bits per heavy atom. The molecule has 2 aromatic heterocycles. The van der Waals surface area contributed by atoms with Gasteiger partial charge in [0.2, 0.25) is 5.95 Å². The molecule has 3 N–H and O–H groups in total. The van der Waals surface area contributed by atoms with Gasteiger partial charge in [-0.2, -0.15) is 9.37 Å². The highest BCUT2D eigenvalue weighted by molar-refractivity contribution is 5.89. The van der Waals surface area contributed by atoms with Gasteiger partial charge in [0.25, 0.3) is 5.56 Å². The number of halogens is 1. The largest absolute Gasteiger partial charge is 0.382 e. The molecule has 1 aliphatic heterocycles. The standard InChI is InChI=1S/C29H31FN6O/c1-18-16-24-21(8-10-32-29(24)37)17-23(18)26-28(31)34-27(30)25(33-26)20-4-6-22(7-5-20)36-14-12-35(13-15-36)11-9-19-2-3-19/h4-8,10,16-17,19H,2-3,9,11-15H2,1H3,(H2,31,34)(H,32,37). The van der Waals surface area contributed by atoms with Crippen molar-refractivity contribution in [1.82, 2.24) is 19.9 Å². The van der Waals surface area contributed by atoms with E-state index >= 15 is 0 Å². The first-order chi connectivity index (χ1) is 18.0. The highest BCUT2D eigenvalue weighted by Gasteiger charge is 2.24. The van der Waals surface area contributed by atoms with Crippen LogP contribution < -0.4 is 16.2 Å². The van der Waals surface area contributed by atoms with E-state index < -0.39 is 5.95 Å². The number of aromatic amines is 1. The molecule has 2 fully saturated rings. The summed E-state index contributed by atoms with van der Waals surface area (Å²) in [5, 5.41) is 1.34. The number of rotatable bonds is 6. The van der Waals surface area contributed by atoms with Crippen molar-refractivity contribution >= 4 is 22.3 Å². The molecule has 37 heavy (non-hydrogen) atoms. The number of pyridine rings is 1. The Hall–Kier alpha value is -3.78. The number of anilines is 2. The summed E-state index contributed by atoms with van der Waals surface area (Å²) in [5.41, 5.74) is 9.84. The maximum atomic E-state index is 15.0. The molecule has 3 heterocycles. The average molecular weight is 499 g/mol. The van der Waals surface area contributed by atoms with Crippen LogP contribution in [0, 0.1) is 18.8 Å². The third-order valence-electron chi connectivity index (χ3n) is 7.68. The van der Waals surface area contributed by atoms with Gasteiger partial charge >= 0.3 is 0 Å². The monoisotopic (exact) mass is 498 g/mol. The average Bonchev–Trinajstić information content (AvgIpc) is 3.73. The van der Waals surface area contributed by atoms with Crippen LogP contribution in [0.25, 0.3) is 33.3 Å². The lowest BCUT2D eigenvalue weighted by molar-refractivity contribution is 0.250. The van der Waals surface area contributed by atoms with Crippen LogP contribution in [0.4, 0.5) is 15.9 Å². The molecule has 6 rings (SSSR count). The zero-order valence-electron chi connectivity index (χ0n) is 21.0. The van der Waals surface area contributed by atoms with Crippen LogP contribution in [0.15, 0.2) is 53.5 Å². The molecule has 0 bridgehead atoms. The topological polar surface area (TPSA) is 91.1 Å². The maximum absolute atomic E-state index is 15.0. The van der Waals surface area contributed by atoms with E-state index in [1.807, 2.05) is 43.3 Å². The number of aromatic nitrogens is 3. The fraction of sp³-hybridized carbons (Fsp3) is 0.345. The van der Waals surface area contributed by atoms with E-state index in [-0.39, 0.29) is 17.1 Å². The van der Waals surface area contributed by atoms with Crippen LogP contribution in [0.5, 0.6) is 0 Å². The van der Waals surface area contributed by atoms with Crippen LogP contribution in [-0.4, -0.2) is 52.6 Å². The maximum Gasteiger partial charge on any atom is 0.255 e. The number of piperazine rings is 1. The van der Waals surface area contributed by atoms with Crippen molar-refractivity contribution in [2.45, 2.75) is 26.2 Å². The second-order valence-corrected chi connectivity index (χ2v) is 10.3. The van der Waals surface area contributed by atoms with E-state index in [1.165, 1.54) is 25.8 Å². The van der Waals surface area contributed by atoms with E-state index in [9.17, 15) is 9.18 Å². The van der Waals surface area contributed by atoms with Crippen molar-refractivity contribution in [2.24, 2.45) is 5.92 Å². The molecule has 2 aliphatic rings. The zero-order valence-corrected chi connectivity index (χ0v) is 21.0. The molecular formula is C29H31FN6O. The Morgan fingerprint density at radius 2 is 1.78 bits per heavy atom. The van der Waals surface area contributed by atoms with Gasteiger partial charge in [-0.3, -0.25) is 9.69 Å². The van der Waals surface area contributed by atoms with Gasteiger partial charge in [-0.1, -0.05) is 25.0 Å². The van der Waals surface area contributed by atoms with E-state index in [4.69, 9.17) is 5.73 Å². The lowest BCUT2D eigenvalue weighted by atomic mass is 10.00. The molecular weight excluding hydrogens is 467 g/mol. The minimum Gasteiger partial charge on any atom is -0.382 e. The van der Waals surface area contributed by atoms with Crippen LogP contribution in [0.3, 0.4) is 0 Å². The van der Waals surface area contributed by atoms with Gasteiger partial charge in [0.1, 0.15) is 11.4 Å². The number of nitrogens with zero attached hydrogens (tertiary/aromatic N) is 4. The van der Waals surface area contributed by atoms with Crippen molar-refractivity contribution in [3.05, 3.63) is 70.5 Å². The molecule has 1 saturated carbocycles. The number of hydrogen-bond donors (Lipinski definition) is 2. The summed E-state index contributed by atoms with van der Waals surface area (Å²) in [7, 11) is 0. The van der Waals surface area contributed by atoms with Crippen LogP contribution in [-0.2, 0) is 0 Å². The van der Waals surface area contributed by atoms with Gasteiger partial charge in [0, 0.05) is 54.6 Å². The summed E-state index contributed by atoms with van der Waals surface area (Å²) in [6.45, 7) is 7.23. The van der Waals surface area contributed by atoms with E-state index in [1.54, 1.807) is 12.3 Å². The molecule has 0 radical (unpaired) electrons. The molecule has 0 amide bonds. The Balaban J connectivity index is 1.25. The molecule has 1 aliphatic carbocycles. The number of nitrogens with two attached hydrogens (primary N) is 1. The predicted molar refractivity (Wildman–Crippen MR) is 146 cm³/mol. The van der Waals surface area contributed by atoms with Gasteiger partial charge in [-0.15, -0.1) is 0 Å². The van der Waals surface area contributed by atoms with Crippen molar-refractivity contribution in [1.29, 1.82) is 0 Å². The Morgan fingerprint density at radius 3 is 2.51 bits per heavy atom. The summed E-state index contributed by atoms with van der Waals surface area (Å²) < 4.78 is 15.0. The van der Waals surface area contributed by atoms with Gasteiger partial charge in [0.05, 0.1) is 0 Å². The minimum atomic E-state index is -0.701. The quantitative estimate of drug-likeness (QED) is 0.404. The minimum absolute atomic E-state index is 0.0183. The van der Waals surface area contributed by atoms with Crippen LogP contribution >= 0.6 is 0 Å². The second kappa shape index (κ2) is 9.59. The summed E-state index contributed by atoms with van der Waals surface area (Å²) in [6, 6.07) is 13.3. The molecule has 0 unspecified atom stereocenters. The fourth-order valence-electron chi connectivity index (χ4n) is 5.24. The van der Waals surface area contributed by atoms with E-state index in [0.717, 1.165) is 54.3 Å². The second-order valence-electron chi connectivity index (χ2n) is 10.3. The Kier molecular flexibility index (Phi) is 6.12. The Labute approximate surface area is 215 Å². The number of benzene rings is 2. The van der Waals surface area contributed by atoms with E-state index in [0.29, 0.717) is 16.6 Å². The van der Waals surface area contributed by atoms with Gasteiger partial charge < -0.3 is 15.6 Å². The summed E-state index contributed by atoms with van der Waals surface area (Å²) >= 11 is 0. The molecule has 190 valence electrons. The smallest absolute Gasteiger partial charge is 0.255 e. The normalized spacial score (nSPS) is 16.4.